The summed E-state index contributed by atoms with van der Waals surface area (Å²) in [6.45, 7) is 0. The summed E-state index contributed by atoms with van der Waals surface area (Å²) >= 11 is 0. The first-order valence-electron chi connectivity index (χ1n) is 7.28. The Kier molecular flexibility index (Phi) is 2.33. The molecule has 0 aliphatic heterocycles. The van der Waals surface area contributed by atoms with Crippen molar-refractivity contribution in [3.8, 4) is 11.6 Å². The van der Waals surface area contributed by atoms with E-state index in [1.807, 2.05) is 45.4 Å². The average molecular weight is 303 g/mol. The maximum atomic E-state index is 5.76. The topological polar surface area (TPSA) is 55.6 Å². The van der Waals surface area contributed by atoms with Gasteiger partial charge in [-0.2, -0.15) is 0 Å². The lowest BCUT2D eigenvalue weighted by molar-refractivity contribution is -0.674. The van der Waals surface area contributed by atoms with Gasteiger partial charge in [0, 0.05) is 35.6 Å². The summed E-state index contributed by atoms with van der Waals surface area (Å²) in [6, 6.07) is 6.20. The zero-order chi connectivity index (χ0) is 15.4. The number of furan rings is 1. The number of hydrogen-bond donors (Lipinski definition) is 1. The van der Waals surface area contributed by atoms with Crippen molar-refractivity contribution in [2.75, 3.05) is 0 Å². The fourth-order valence-corrected chi connectivity index (χ4v) is 3.00. The molecule has 0 bridgehead atoms. The summed E-state index contributed by atoms with van der Waals surface area (Å²) in [5.41, 5.74) is 3.08. The van der Waals surface area contributed by atoms with Crippen molar-refractivity contribution >= 4 is 21.8 Å². The van der Waals surface area contributed by atoms with Crippen molar-refractivity contribution in [3.63, 3.8) is 0 Å². The highest BCUT2D eigenvalue weighted by Crippen LogP contribution is 2.33. The van der Waals surface area contributed by atoms with Gasteiger partial charge in [0.1, 0.15) is 0 Å². The van der Waals surface area contributed by atoms with Gasteiger partial charge in [0.2, 0.25) is 12.2 Å². The van der Waals surface area contributed by atoms with E-state index in [0.29, 0.717) is 0 Å². The van der Waals surface area contributed by atoms with Crippen LogP contribution in [0.25, 0.3) is 33.4 Å². The van der Waals surface area contributed by atoms with Crippen molar-refractivity contribution in [1.29, 1.82) is 0 Å². The van der Waals surface area contributed by atoms with Gasteiger partial charge in [0.25, 0.3) is 0 Å². The molecule has 4 aromatic heterocycles. The zero-order valence-corrected chi connectivity index (χ0v) is 12.4. The van der Waals surface area contributed by atoms with Crippen molar-refractivity contribution in [2.45, 2.75) is 0 Å². The van der Waals surface area contributed by atoms with Crippen LogP contribution in [-0.4, -0.2) is 19.1 Å². The minimum Gasteiger partial charge on any atom is -0.472 e. The standard InChI is InChI=1S/C17H13N5O/c1-20-7-8-22(11-20)17-16-13(9-23-17)12-3-2-4-14(15(12)19-16)21-6-5-18-10-21/h2-10,19H,1H3. The predicted molar refractivity (Wildman–Crippen MR) is 84.5 cm³/mol. The van der Waals surface area contributed by atoms with Gasteiger partial charge >= 0.3 is 0 Å². The largest absolute Gasteiger partial charge is 0.472 e. The quantitative estimate of drug-likeness (QED) is 0.402. The predicted octanol–water partition coefficient (Wildman–Crippen LogP) is 2.52. The molecule has 0 unspecified atom stereocenters. The number of fused-ring (bicyclic) bond motifs is 3. The van der Waals surface area contributed by atoms with E-state index in [4.69, 9.17) is 4.42 Å². The maximum absolute atomic E-state index is 5.76. The van der Waals surface area contributed by atoms with Crippen LogP contribution < -0.4 is 4.57 Å². The normalized spacial score (nSPS) is 11.7. The molecule has 0 fully saturated rings. The molecule has 0 aliphatic rings. The van der Waals surface area contributed by atoms with E-state index in [-0.39, 0.29) is 0 Å². The molecule has 5 aromatic rings. The number of aromatic nitrogens is 5. The average Bonchev–Trinajstić information content (AvgIpc) is 3.31. The molecular formula is C17H13N5O. The smallest absolute Gasteiger partial charge is 0.245 e. The van der Waals surface area contributed by atoms with Crippen molar-refractivity contribution in [3.05, 3.63) is 61.9 Å². The van der Waals surface area contributed by atoms with Crippen molar-refractivity contribution < 1.29 is 8.98 Å². The highest BCUT2D eigenvalue weighted by molar-refractivity contribution is 6.11. The van der Waals surface area contributed by atoms with Crippen molar-refractivity contribution in [1.82, 2.24) is 19.1 Å². The first-order chi connectivity index (χ1) is 11.3. The van der Waals surface area contributed by atoms with Gasteiger partial charge in [-0.25, -0.2) is 4.98 Å². The second-order valence-electron chi connectivity index (χ2n) is 5.50. The highest BCUT2D eigenvalue weighted by atomic mass is 16.3. The minimum absolute atomic E-state index is 0.730. The van der Waals surface area contributed by atoms with Gasteiger partial charge in [-0.05, 0) is 6.07 Å². The van der Waals surface area contributed by atoms with Crippen LogP contribution >= 0.6 is 0 Å². The van der Waals surface area contributed by atoms with Crippen LogP contribution in [0.4, 0.5) is 0 Å². The van der Waals surface area contributed by atoms with Crippen LogP contribution in [-0.2, 0) is 7.05 Å². The van der Waals surface area contributed by atoms with E-state index in [0.717, 1.165) is 33.4 Å². The van der Waals surface area contributed by atoms with E-state index in [1.54, 1.807) is 18.8 Å². The molecule has 1 N–H and O–H groups in total. The highest BCUT2D eigenvalue weighted by Gasteiger charge is 2.15. The number of nitrogens with one attached hydrogen (secondary N) is 1. The summed E-state index contributed by atoms with van der Waals surface area (Å²) in [5.74, 6) is 0.730. The van der Waals surface area contributed by atoms with Crippen LogP contribution in [0.15, 0.2) is 60.0 Å². The molecule has 0 amide bonds. The zero-order valence-electron chi connectivity index (χ0n) is 12.4. The Morgan fingerprint density at radius 1 is 1.22 bits per heavy atom. The number of rotatable bonds is 2. The van der Waals surface area contributed by atoms with E-state index in [2.05, 4.69) is 28.4 Å². The number of aromatic amines is 1. The summed E-state index contributed by atoms with van der Waals surface area (Å²) in [4.78, 5) is 7.63. The Hall–Kier alpha value is -3.28. The molecule has 0 aliphatic carbocycles. The Labute approximate surface area is 131 Å². The lowest BCUT2D eigenvalue weighted by Gasteiger charge is -2.03. The second kappa shape index (κ2) is 4.36. The molecule has 0 saturated carbocycles. The summed E-state index contributed by atoms with van der Waals surface area (Å²) in [5, 5.41) is 2.18. The monoisotopic (exact) mass is 303 g/mol. The molecule has 5 rings (SSSR count). The summed E-state index contributed by atoms with van der Waals surface area (Å²) < 4.78 is 11.5. The molecule has 0 spiro atoms. The van der Waals surface area contributed by atoms with E-state index in [9.17, 15) is 0 Å². The Balaban J connectivity index is 1.83. The molecule has 23 heavy (non-hydrogen) atoms. The lowest BCUT2D eigenvalue weighted by atomic mass is 10.2. The van der Waals surface area contributed by atoms with E-state index < -0.39 is 0 Å². The Morgan fingerprint density at radius 3 is 2.96 bits per heavy atom. The molecule has 4 heterocycles. The first-order valence-corrected chi connectivity index (χ1v) is 7.28. The summed E-state index contributed by atoms with van der Waals surface area (Å²) in [6.07, 6.45) is 14.3. The van der Waals surface area contributed by atoms with Gasteiger partial charge in [-0.3, -0.25) is 4.57 Å². The number of para-hydroxylation sites is 1. The molecular weight excluding hydrogens is 290 g/mol. The number of imidazole rings is 2. The number of benzene rings is 1. The molecule has 0 radical (unpaired) electrons. The van der Waals surface area contributed by atoms with Gasteiger partial charge in [0.05, 0.1) is 36.4 Å². The van der Waals surface area contributed by atoms with Gasteiger partial charge in [-0.15, -0.1) is 0 Å². The Bertz CT molecular complexity index is 1130. The third-order valence-corrected chi connectivity index (χ3v) is 4.06. The Morgan fingerprint density at radius 2 is 2.17 bits per heavy atom. The molecule has 6 heteroatoms. The van der Waals surface area contributed by atoms with Crippen LogP contribution in [0.5, 0.6) is 0 Å². The van der Waals surface area contributed by atoms with Crippen LogP contribution in [0.2, 0.25) is 0 Å². The fourth-order valence-electron chi connectivity index (χ4n) is 3.00. The number of H-pyrrole nitrogens is 1. The number of nitrogens with zero attached hydrogens (tertiary/aromatic N) is 4. The van der Waals surface area contributed by atoms with Crippen molar-refractivity contribution in [2.24, 2.45) is 7.05 Å². The van der Waals surface area contributed by atoms with Crippen LogP contribution in [0, 0.1) is 6.33 Å². The van der Waals surface area contributed by atoms with Gasteiger partial charge in [0.15, 0.2) is 0 Å². The SMILES string of the molecule is C[n+]1[c-]n(-c2occ3c2[nH]c2c(-n4ccnc4)cccc23)cc1. The van der Waals surface area contributed by atoms with E-state index >= 15 is 0 Å². The molecule has 1 aromatic carbocycles. The molecule has 6 nitrogen and oxygen atoms in total. The van der Waals surface area contributed by atoms with Crippen LogP contribution in [0.1, 0.15) is 0 Å². The number of aryl methyl sites for hydroxylation is 1. The maximum Gasteiger partial charge on any atom is 0.245 e. The molecule has 0 saturated heterocycles. The second-order valence-corrected chi connectivity index (χ2v) is 5.50. The third kappa shape index (κ3) is 1.69. The number of hydrogen-bond acceptors (Lipinski definition) is 2. The first kappa shape index (κ1) is 12.3. The van der Waals surface area contributed by atoms with E-state index in [1.165, 1.54) is 0 Å². The molecule has 0 atom stereocenters. The third-order valence-electron chi connectivity index (χ3n) is 4.06. The van der Waals surface area contributed by atoms with Gasteiger partial charge in [-0.1, -0.05) is 12.1 Å². The molecule has 112 valence electrons. The fraction of sp³-hybridized carbons (Fsp3) is 0.0588. The van der Waals surface area contributed by atoms with Crippen LogP contribution in [0.3, 0.4) is 0 Å². The lowest BCUT2D eigenvalue weighted by Crippen LogP contribution is -2.24. The summed E-state index contributed by atoms with van der Waals surface area (Å²) in [7, 11) is 1.93. The van der Waals surface area contributed by atoms with Gasteiger partial charge < -0.3 is 18.5 Å². The minimum atomic E-state index is 0.730.